The van der Waals surface area contributed by atoms with Crippen molar-refractivity contribution in [3.63, 3.8) is 0 Å². The Balaban J connectivity index is 1.29. The summed E-state index contributed by atoms with van der Waals surface area (Å²) < 4.78 is 12.8. The zero-order chi connectivity index (χ0) is 26.6. The van der Waals surface area contributed by atoms with Gasteiger partial charge >= 0.3 is 5.63 Å². The van der Waals surface area contributed by atoms with Crippen molar-refractivity contribution in [1.82, 2.24) is 4.90 Å². The number of benzene rings is 2. The third kappa shape index (κ3) is 4.30. The number of rotatable bonds is 4. The van der Waals surface area contributed by atoms with Crippen molar-refractivity contribution >= 4 is 43.8 Å². The minimum absolute atomic E-state index is 0.0375. The Kier molecular flexibility index (Phi) is 6.47. The summed E-state index contributed by atoms with van der Waals surface area (Å²) in [6, 6.07) is 10.1. The lowest BCUT2D eigenvalue weighted by molar-refractivity contribution is -0.143. The van der Waals surface area contributed by atoms with Gasteiger partial charge in [-0.05, 0) is 68.9 Å². The van der Waals surface area contributed by atoms with E-state index in [1.165, 1.54) is 0 Å². The number of piperidine rings is 1. The van der Waals surface area contributed by atoms with Crippen molar-refractivity contribution in [3.05, 3.63) is 68.2 Å². The van der Waals surface area contributed by atoms with Crippen LogP contribution in [0.25, 0.3) is 33.1 Å². The number of halogens is 1. The van der Waals surface area contributed by atoms with Crippen LogP contribution in [0.3, 0.4) is 0 Å². The topological polar surface area (TPSA) is 83.9 Å². The van der Waals surface area contributed by atoms with E-state index in [0.717, 1.165) is 63.2 Å². The molecule has 2 aromatic heterocycles. The highest BCUT2D eigenvalue weighted by Gasteiger charge is 2.43. The number of furan rings is 1. The van der Waals surface area contributed by atoms with Gasteiger partial charge in [0.2, 0.25) is 5.91 Å². The first-order chi connectivity index (χ1) is 18.2. The van der Waals surface area contributed by atoms with Gasteiger partial charge in [-0.3, -0.25) is 4.79 Å². The van der Waals surface area contributed by atoms with E-state index in [4.69, 9.17) is 8.83 Å². The molecule has 1 saturated heterocycles. The van der Waals surface area contributed by atoms with E-state index in [1.807, 2.05) is 49.1 Å². The molecule has 2 aromatic carbocycles. The lowest BCUT2D eigenvalue weighted by Gasteiger charge is -2.47. The van der Waals surface area contributed by atoms with Crippen LogP contribution >= 0.6 is 15.9 Å². The van der Waals surface area contributed by atoms with Crippen LogP contribution in [-0.4, -0.2) is 34.6 Å². The maximum absolute atomic E-state index is 13.2. The van der Waals surface area contributed by atoms with Crippen molar-refractivity contribution < 1.29 is 18.7 Å². The maximum atomic E-state index is 13.2. The molecule has 1 aliphatic heterocycles. The molecule has 38 heavy (non-hydrogen) atoms. The Morgan fingerprint density at radius 2 is 1.89 bits per heavy atom. The van der Waals surface area contributed by atoms with Crippen LogP contribution in [-0.2, 0) is 11.2 Å². The Bertz CT molecular complexity index is 1600. The number of nitrogens with zero attached hydrogens (tertiary/aromatic N) is 1. The summed E-state index contributed by atoms with van der Waals surface area (Å²) in [4.78, 5) is 28.1. The van der Waals surface area contributed by atoms with Gasteiger partial charge in [-0.15, -0.1) is 0 Å². The van der Waals surface area contributed by atoms with Gasteiger partial charge in [0.15, 0.2) is 0 Å². The van der Waals surface area contributed by atoms with Crippen LogP contribution in [0.1, 0.15) is 55.2 Å². The molecule has 0 bridgehead atoms. The average Bonchev–Trinajstić information content (AvgIpc) is 3.33. The number of amides is 1. The van der Waals surface area contributed by atoms with E-state index in [9.17, 15) is 14.7 Å². The molecule has 7 heteroatoms. The molecule has 0 unspecified atom stereocenters. The predicted molar refractivity (Wildman–Crippen MR) is 151 cm³/mol. The third-order valence-corrected chi connectivity index (χ3v) is 9.39. The zero-order valence-corrected chi connectivity index (χ0v) is 23.4. The van der Waals surface area contributed by atoms with E-state index in [1.54, 1.807) is 6.26 Å². The first-order valence-corrected chi connectivity index (χ1v) is 14.3. The highest BCUT2D eigenvalue weighted by atomic mass is 79.9. The summed E-state index contributed by atoms with van der Waals surface area (Å²) in [7, 11) is 0. The highest BCUT2D eigenvalue weighted by Crippen LogP contribution is 2.40. The van der Waals surface area contributed by atoms with Crippen LogP contribution in [0.15, 0.2) is 54.7 Å². The van der Waals surface area contributed by atoms with E-state index in [0.29, 0.717) is 42.7 Å². The number of likely N-dealkylation sites (tertiary alicyclic amines) is 1. The van der Waals surface area contributed by atoms with Crippen molar-refractivity contribution in [2.24, 2.45) is 5.92 Å². The Morgan fingerprint density at radius 3 is 2.68 bits per heavy atom. The molecule has 1 amide bonds. The Morgan fingerprint density at radius 1 is 1.11 bits per heavy atom. The largest absolute Gasteiger partial charge is 0.463 e. The number of aliphatic hydroxyl groups is 1. The van der Waals surface area contributed by atoms with Crippen molar-refractivity contribution in [2.45, 2.75) is 64.4 Å². The molecule has 1 saturated carbocycles. The number of fused-ring (bicyclic) bond motifs is 3. The summed E-state index contributed by atoms with van der Waals surface area (Å²) in [6.07, 6.45) is 6.95. The fourth-order valence-electron chi connectivity index (χ4n) is 6.53. The van der Waals surface area contributed by atoms with E-state index in [-0.39, 0.29) is 18.2 Å². The van der Waals surface area contributed by atoms with Gasteiger partial charge in [0.25, 0.3) is 0 Å². The second-order valence-electron chi connectivity index (χ2n) is 11.0. The number of hydrogen-bond acceptors (Lipinski definition) is 5. The SMILES string of the molecule is Cc1c(CCC(=O)N2CC[C@@]3(O)CCCC[C@@H]3C2)c(=O)oc2c(C)c3occ(-c4ccc(Br)cc4)c3cc12. The van der Waals surface area contributed by atoms with Crippen LogP contribution in [0.2, 0.25) is 0 Å². The molecule has 2 fully saturated rings. The van der Waals surface area contributed by atoms with E-state index in [2.05, 4.69) is 15.9 Å². The predicted octanol–water partition coefficient (Wildman–Crippen LogP) is 6.67. The number of aryl methyl sites for hydroxylation is 2. The van der Waals surface area contributed by atoms with Crippen molar-refractivity contribution in [2.75, 3.05) is 13.1 Å². The van der Waals surface area contributed by atoms with E-state index >= 15 is 0 Å². The van der Waals surface area contributed by atoms with Gasteiger partial charge in [0, 0.05) is 57.4 Å². The van der Waals surface area contributed by atoms with Gasteiger partial charge in [0.1, 0.15) is 11.2 Å². The fraction of sp³-hybridized carbons (Fsp3) is 0.419. The molecular formula is C31H32BrNO5. The maximum Gasteiger partial charge on any atom is 0.339 e. The lowest BCUT2D eigenvalue weighted by Crippen LogP contribution is -2.54. The van der Waals surface area contributed by atoms with Gasteiger partial charge in [-0.1, -0.05) is 40.9 Å². The second-order valence-corrected chi connectivity index (χ2v) is 12.0. The molecule has 0 spiro atoms. The Hall–Kier alpha value is -2.90. The molecule has 4 aromatic rings. The lowest BCUT2D eigenvalue weighted by atomic mass is 9.71. The normalized spacial score (nSPS) is 21.7. The zero-order valence-electron chi connectivity index (χ0n) is 21.8. The van der Waals surface area contributed by atoms with Crippen molar-refractivity contribution in [1.29, 1.82) is 0 Å². The van der Waals surface area contributed by atoms with Crippen LogP contribution < -0.4 is 5.63 Å². The van der Waals surface area contributed by atoms with Crippen LogP contribution in [0.4, 0.5) is 0 Å². The summed E-state index contributed by atoms with van der Waals surface area (Å²) >= 11 is 3.49. The Labute approximate surface area is 229 Å². The highest BCUT2D eigenvalue weighted by molar-refractivity contribution is 9.10. The average molecular weight is 579 g/mol. The molecule has 1 aliphatic carbocycles. The number of hydrogen-bond donors (Lipinski definition) is 1. The molecule has 3 heterocycles. The van der Waals surface area contributed by atoms with Crippen LogP contribution in [0, 0.1) is 19.8 Å². The molecule has 6 rings (SSSR count). The van der Waals surface area contributed by atoms with Gasteiger partial charge in [0.05, 0.1) is 11.9 Å². The smallest absolute Gasteiger partial charge is 0.339 e. The van der Waals surface area contributed by atoms with Gasteiger partial charge in [-0.2, -0.15) is 0 Å². The summed E-state index contributed by atoms with van der Waals surface area (Å²) in [5, 5.41) is 12.8. The third-order valence-electron chi connectivity index (χ3n) is 8.87. The molecule has 6 nitrogen and oxygen atoms in total. The van der Waals surface area contributed by atoms with Gasteiger partial charge in [-0.25, -0.2) is 4.79 Å². The van der Waals surface area contributed by atoms with Crippen LogP contribution in [0.5, 0.6) is 0 Å². The molecule has 198 valence electrons. The molecule has 2 atom stereocenters. The summed E-state index contributed by atoms with van der Waals surface area (Å²) in [5.41, 5.74) is 4.42. The number of carbonyl (C=O) groups excluding carboxylic acids is 1. The fourth-order valence-corrected chi connectivity index (χ4v) is 6.79. The minimum atomic E-state index is -0.615. The summed E-state index contributed by atoms with van der Waals surface area (Å²) in [5.74, 6) is 0.192. The molecular weight excluding hydrogens is 546 g/mol. The van der Waals surface area contributed by atoms with Crippen molar-refractivity contribution in [3.8, 4) is 11.1 Å². The molecule has 2 aliphatic rings. The molecule has 0 radical (unpaired) electrons. The van der Waals surface area contributed by atoms with Gasteiger partial charge < -0.3 is 18.8 Å². The second kappa shape index (κ2) is 9.69. The summed E-state index contributed by atoms with van der Waals surface area (Å²) in [6.45, 7) is 5.03. The quantitative estimate of drug-likeness (QED) is 0.274. The number of carbonyl (C=O) groups is 1. The minimum Gasteiger partial charge on any atom is -0.463 e. The van der Waals surface area contributed by atoms with E-state index < -0.39 is 11.2 Å². The first kappa shape index (κ1) is 25.4. The monoisotopic (exact) mass is 577 g/mol. The first-order valence-electron chi connectivity index (χ1n) is 13.5. The standard InChI is InChI=1S/C31H32BrNO5/c1-18-23(10-11-27(34)33-14-13-31(36)12-4-3-5-21(31)16-33)30(35)38-29-19(2)28-25(15-24(18)29)26(17-37-28)20-6-8-22(32)9-7-20/h6-9,15,17,21,36H,3-5,10-14,16H2,1-2H3/t21-,31+/m1/s1. The molecule has 1 N–H and O–H groups in total.